The minimum atomic E-state index is -2.66. The standard InChI is InChI=1S/C37H78N6O8Si3/c1-14-16-23-41(3,4)30-34(45)38-21-17-28-52(9,10)50-53(11,12)51-54(13,29-18-22-39-35(46)31-42(5,6)24-19-26-44)33-40-36(47)32-43(7,8)25-20-27-49-37(48)15-2/h15,44H,2,14,16-33H2,1,3-13H3/p+3. The van der Waals surface area contributed by atoms with Crippen molar-refractivity contribution in [1.29, 1.82) is 0 Å². The van der Waals surface area contributed by atoms with Crippen LogP contribution >= 0.6 is 0 Å². The molecule has 54 heavy (non-hydrogen) atoms. The third-order valence-corrected chi connectivity index (χ3v) is 21.2. The number of hydrogen-bond acceptors (Lipinski definition) is 8. The van der Waals surface area contributed by atoms with Gasteiger partial charge in [-0.15, -0.1) is 0 Å². The molecule has 0 saturated heterocycles. The van der Waals surface area contributed by atoms with Gasteiger partial charge in [-0.1, -0.05) is 19.9 Å². The highest BCUT2D eigenvalue weighted by Gasteiger charge is 2.42. The lowest BCUT2D eigenvalue weighted by Crippen LogP contribution is -2.58. The third kappa shape index (κ3) is 26.8. The van der Waals surface area contributed by atoms with Crippen molar-refractivity contribution in [2.75, 3.05) is 114 Å². The van der Waals surface area contributed by atoms with E-state index in [0.29, 0.717) is 78.1 Å². The van der Waals surface area contributed by atoms with Crippen molar-refractivity contribution in [3.05, 3.63) is 12.7 Å². The molecule has 14 nitrogen and oxygen atoms in total. The zero-order valence-electron chi connectivity index (χ0n) is 36.4. The minimum absolute atomic E-state index is 0.0314. The molecule has 0 aromatic heterocycles. The Morgan fingerprint density at radius 3 is 1.61 bits per heavy atom. The molecule has 0 saturated carbocycles. The van der Waals surface area contributed by atoms with Crippen LogP contribution in [0.1, 0.15) is 45.4 Å². The molecule has 1 unspecified atom stereocenters. The van der Waals surface area contributed by atoms with Gasteiger partial charge in [0.05, 0.1) is 68.5 Å². The van der Waals surface area contributed by atoms with Gasteiger partial charge < -0.3 is 47.5 Å². The minimum Gasteiger partial charge on any atom is -0.462 e. The summed E-state index contributed by atoms with van der Waals surface area (Å²) in [7, 11) is 4.71. The number of aliphatic hydroxyl groups excluding tert-OH is 1. The topological polar surface area (TPSA) is 152 Å². The Morgan fingerprint density at radius 1 is 0.667 bits per heavy atom. The lowest BCUT2D eigenvalue weighted by molar-refractivity contribution is -0.882. The average Bonchev–Trinajstić information content (AvgIpc) is 3.03. The Hall–Kier alpha value is -1.97. The van der Waals surface area contributed by atoms with Crippen molar-refractivity contribution in [2.24, 2.45) is 0 Å². The largest absolute Gasteiger partial charge is 0.462 e. The lowest BCUT2D eigenvalue weighted by Gasteiger charge is -2.40. The second kappa shape index (κ2) is 24.6. The van der Waals surface area contributed by atoms with Gasteiger partial charge in [0.15, 0.2) is 36.3 Å². The van der Waals surface area contributed by atoms with Crippen LogP contribution in [0.15, 0.2) is 12.7 Å². The van der Waals surface area contributed by atoms with Gasteiger partial charge in [0, 0.05) is 44.8 Å². The van der Waals surface area contributed by atoms with Gasteiger partial charge in [0.2, 0.25) is 0 Å². The van der Waals surface area contributed by atoms with Crippen LogP contribution in [0.25, 0.3) is 0 Å². The summed E-state index contributed by atoms with van der Waals surface area (Å²) in [5.74, 6) is -0.484. The highest BCUT2D eigenvalue weighted by atomic mass is 28.5. The molecule has 0 spiro atoms. The van der Waals surface area contributed by atoms with Gasteiger partial charge in [0.1, 0.15) is 0 Å². The van der Waals surface area contributed by atoms with Crippen molar-refractivity contribution in [2.45, 2.75) is 90.3 Å². The van der Waals surface area contributed by atoms with Crippen molar-refractivity contribution in [3.63, 3.8) is 0 Å². The van der Waals surface area contributed by atoms with Gasteiger partial charge >= 0.3 is 14.5 Å². The summed E-state index contributed by atoms with van der Waals surface area (Å²) in [4.78, 5) is 50.0. The number of amides is 3. The number of rotatable bonds is 31. The van der Waals surface area contributed by atoms with E-state index in [1.807, 2.05) is 28.2 Å². The van der Waals surface area contributed by atoms with Gasteiger partial charge in [-0.3, -0.25) is 14.4 Å². The highest BCUT2D eigenvalue weighted by molar-refractivity contribution is 6.88. The van der Waals surface area contributed by atoms with Crippen molar-refractivity contribution >= 4 is 48.9 Å². The molecule has 0 fully saturated rings. The first kappa shape index (κ1) is 52.0. The van der Waals surface area contributed by atoms with Crippen molar-refractivity contribution in [1.82, 2.24) is 16.0 Å². The van der Waals surface area contributed by atoms with Crippen LogP contribution in [0.3, 0.4) is 0 Å². The lowest BCUT2D eigenvalue weighted by atomic mass is 10.3. The Morgan fingerprint density at radius 2 is 1.13 bits per heavy atom. The maximum Gasteiger partial charge on any atom is 0.330 e. The summed E-state index contributed by atoms with van der Waals surface area (Å²) in [6.45, 7) is 21.2. The van der Waals surface area contributed by atoms with Crippen LogP contribution in [0.2, 0.25) is 44.8 Å². The fraction of sp³-hybridized carbons (Fsp3) is 0.838. The molecule has 0 aromatic rings. The molecule has 4 N–H and O–H groups in total. The zero-order chi connectivity index (χ0) is 41.7. The molecule has 1 atom stereocenters. The van der Waals surface area contributed by atoms with Crippen LogP contribution < -0.4 is 16.0 Å². The number of nitrogens with zero attached hydrogens (tertiary/aromatic N) is 3. The van der Waals surface area contributed by atoms with Gasteiger partial charge in [-0.2, -0.15) is 0 Å². The quantitative estimate of drug-likeness (QED) is 0.0274. The molecule has 316 valence electrons. The molecule has 0 rings (SSSR count). The molecule has 0 aliphatic heterocycles. The summed E-state index contributed by atoms with van der Waals surface area (Å²) in [5, 5.41) is 18.5. The van der Waals surface area contributed by atoms with Crippen LogP contribution in [-0.2, 0) is 32.1 Å². The summed E-state index contributed by atoms with van der Waals surface area (Å²) in [5.41, 5.74) is 0. The maximum absolute atomic E-state index is 13.3. The molecule has 0 aromatic carbocycles. The highest BCUT2D eigenvalue weighted by Crippen LogP contribution is 2.26. The predicted octanol–water partition coefficient (Wildman–Crippen LogP) is 2.70. The fourth-order valence-electron chi connectivity index (χ4n) is 6.60. The van der Waals surface area contributed by atoms with Crippen LogP contribution in [0.5, 0.6) is 0 Å². The van der Waals surface area contributed by atoms with E-state index in [2.05, 4.69) is 76.3 Å². The normalized spacial score (nSPS) is 13.9. The smallest absolute Gasteiger partial charge is 0.330 e. The maximum atomic E-state index is 13.3. The number of likely N-dealkylation sites (N-methyl/N-ethyl adjacent to an activating group) is 3. The number of carbonyl (C=O) groups excluding carboxylic acids is 4. The van der Waals surface area contributed by atoms with E-state index in [9.17, 15) is 24.3 Å². The molecule has 0 radical (unpaired) electrons. The van der Waals surface area contributed by atoms with E-state index >= 15 is 0 Å². The van der Waals surface area contributed by atoms with Gasteiger partial charge in [-0.25, -0.2) is 4.79 Å². The average molecular weight is 822 g/mol. The molecule has 0 bridgehead atoms. The van der Waals surface area contributed by atoms with Gasteiger partial charge in [0.25, 0.3) is 17.7 Å². The number of carbonyl (C=O) groups is 4. The first-order chi connectivity index (χ1) is 24.8. The second-order valence-corrected chi connectivity index (χ2v) is 30.3. The molecule has 17 heteroatoms. The summed E-state index contributed by atoms with van der Waals surface area (Å²) in [6.07, 6.45) is 6.58. The van der Waals surface area contributed by atoms with Crippen molar-refractivity contribution in [3.8, 4) is 0 Å². The first-order valence-corrected chi connectivity index (χ1v) is 28.6. The predicted molar refractivity (Wildman–Crippen MR) is 225 cm³/mol. The molecule has 0 aliphatic rings. The number of ether oxygens (including phenoxy) is 1. The first-order valence-electron chi connectivity index (χ1n) is 19.9. The summed E-state index contributed by atoms with van der Waals surface area (Å²) >= 11 is 0. The molecule has 0 heterocycles. The number of hydrogen-bond donors (Lipinski definition) is 4. The fourth-order valence-corrected chi connectivity index (χ4v) is 21.0. The van der Waals surface area contributed by atoms with E-state index in [1.54, 1.807) is 0 Å². The van der Waals surface area contributed by atoms with Gasteiger partial charge in [-0.05, 0) is 64.1 Å². The Kier molecular flexibility index (Phi) is 23.7. The summed E-state index contributed by atoms with van der Waals surface area (Å²) < 4.78 is 20.6. The number of esters is 1. The Bertz CT molecular complexity index is 1170. The van der Waals surface area contributed by atoms with Crippen LogP contribution in [0, 0.1) is 0 Å². The molecular weight excluding hydrogens is 741 g/mol. The zero-order valence-corrected chi connectivity index (χ0v) is 39.4. The third-order valence-electron chi connectivity index (χ3n) is 9.23. The van der Waals surface area contributed by atoms with Crippen molar-refractivity contribution < 1.29 is 50.7 Å². The number of quaternary nitrogens is 3. The number of unbranched alkanes of at least 4 members (excludes halogenated alkanes) is 1. The molecule has 0 aliphatic carbocycles. The van der Waals surface area contributed by atoms with E-state index < -0.39 is 31.2 Å². The Labute approximate surface area is 331 Å². The van der Waals surface area contributed by atoms with E-state index in [1.165, 1.54) is 0 Å². The van der Waals surface area contributed by atoms with E-state index in [0.717, 1.165) is 44.0 Å². The second-order valence-electron chi connectivity index (χ2n) is 18.1. The molecular formula is C37H81N6O8Si3+3. The van der Waals surface area contributed by atoms with Crippen LogP contribution in [0.4, 0.5) is 0 Å². The molecule has 3 amide bonds. The SMILES string of the molecule is C=CC(=O)OCCC[N+](C)(C)CC(=O)NC[Si](C)(CCCNC(=O)C[N+](C)(C)CCCO)O[Si](C)(C)O[Si](C)(C)CCCNC(=O)C[N+](C)(C)CCCC. The summed E-state index contributed by atoms with van der Waals surface area (Å²) in [6, 6.07) is 1.61. The number of nitrogens with one attached hydrogen (secondary N) is 3. The monoisotopic (exact) mass is 822 g/mol. The van der Waals surface area contributed by atoms with Crippen LogP contribution in [-0.4, -0.2) is 181 Å². The van der Waals surface area contributed by atoms with E-state index in [4.69, 9.17) is 13.0 Å². The number of aliphatic hydroxyl groups is 1. The Balaban J connectivity index is 5.45. The van der Waals surface area contributed by atoms with E-state index in [-0.39, 0.29) is 37.5 Å².